The van der Waals surface area contributed by atoms with Gasteiger partial charge in [0.1, 0.15) is 23.4 Å². The number of hydrogen-bond donors (Lipinski definition) is 1. The van der Waals surface area contributed by atoms with E-state index in [0.717, 1.165) is 62.8 Å². The van der Waals surface area contributed by atoms with Crippen LogP contribution in [-0.2, 0) is 6.54 Å². The van der Waals surface area contributed by atoms with Crippen molar-refractivity contribution in [2.45, 2.75) is 32.9 Å². The van der Waals surface area contributed by atoms with E-state index in [1.807, 2.05) is 18.3 Å². The molecule has 6 heteroatoms. The van der Waals surface area contributed by atoms with Crippen molar-refractivity contribution in [2.24, 2.45) is 0 Å². The van der Waals surface area contributed by atoms with Crippen molar-refractivity contribution < 1.29 is 9.84 Å². The van der Waals surface area contributed by atoms with Gasteiger partial charge in [-0.1, -0.05) is 18.2 Å². The summed E-state index contributed by atoms with van der Waals surface area (Å²) < 4.78 is 8.94. The standard InChI is InChI=1S/C29H32N4O2/c1-20-6-11-27(30-18-20)32-16-14-31(15-17-32)13-12-24-19-33-28(22-7-9-23(34)10-8-22)21(2)25-4-3-5-26(35-24)29(25)33/h3-11,18,24,34H,12-17,19H2,1-2H3. The number of benzene rings is 2. The molecule has 0 saturated carbocycles. The summed E-state index contributed by atoms with van der Waals surface area (Å²) in [6.07, 6.45) is 3.07. The van der Waals surface area contributed by atoms with Gasteiger partial charge in [-0.05, 0) is 73.4 Å². The molecule has 0 radical (unpaired) electrons. The molecule has 2 aromatic carbocycles. The summed E-state index contributed by atoms with van der Waals surface area (Å²) in [6.45, 7) is 10.2. The Hall–Kier alpha value is -3.51. The zero-order valence-corrected chi connectivity index (χ0v) is 20.4. The maximum atomic E-state index is 9.78. The van der Waals surface area contributed by atoms with E-state index < -0.39 is 0 Å². The molecule has 2 aliphatic heterocycles. The third kappa shape index (κ3) is 4.12. The van der Waals surface area contributed by atoms with Crippen LogP contribution in [0.3, 0.4) is 0 Å². The molecule has 1 fully saturated rings. The first-order valence-electron chi connectivity index (χ1n) is 12.5. The van der Waals surface area contributed by atoms with Crippen LogP contribution < -0.4 is 9.64 Å². The number of anilines is 1. The monoisotopic (exact) mass is 468 g/mol. The summed E-state index contributed by atoms with van der Waals surface area (Å²) in [5.41, 5.74) is 6.00. The average Bonchev–Trinajstić information content (AvgIpc) is 3.17. The third-order valence-corrected chi connectivity index (χ3v) is 7.48. The zero-order chi connectivity index (χ0) is 23.9. The third-order valence-electron chi connectivity index (χ3n) is 7.48. The van der Waals surface area contributed by atoms with E-state index in [1.165, 1.54) is 27.7 Å². The molecule has 6 rings (SSSR count). The second kappa shape index (κ2) is 8.93. The van der Waals surface area contributed by atoms with Crippen LogP contribution in [0.1, 0.15) is 17.5 Å². The molecule has 1 unspecified atom stereocenters. The number of phenolic OH excluding ortho intramolecular Hbond substituents is 1. The second-order valence-corrected chi connectivity index (χ2v) is 9.83. The van der Waals surface area contributed by atoms with Crippen molar-refractivity contribution in [1.29, 1.82) is 0 Å². The number of aryl methyl sites for hydroxylation is 2. The summed E-state index contributed by atoms with van der Waals surface area (Å²) in [5, 5.41) is 11.0. The Bertz CT molecular complexity index is 1340. The van der Waals surface area contributed by atoms with Gasteiger partial charge in [0.05, 0.1) is 17.8 Å². The van der Waals surface area contributed by atoms with Crippen molar-refractivity contribution in [3.8, 4) is 22.8 Å². The smallest absolute Gasteiger partial charge is 0.144 e. The maximum Gasteiger partial charge on any atom is 0.144 e. The molecular formula is C29H32N4O2. The quantitative estimate of drug-likeness (QED) is 0.447. The zero-order valence-electron chi connectivity index (χ0n) is 20.4. The number of hydrogen-bond acceptors (Lipinski definition) is 5. The highest BCUT2D eigenvalue weighted by Crippen LogP contribution is 2.41. The lowest BCUT2D eigenvalue weighted by Crippen LogP contribution is -2.47. The van der Waals surface area contributed by atoms with E-state index in [4.69, 9.17) is 4.74 Å². The number of aromatic hydroxyl groups is 1. The van der Waals surface area contributed by atoms with E-state index in [2.05, 4.69) is 63.5 Å². The SMILES string of the molecule is Cc1ccc(N2CCN(CCC3Cn4c(-c5ccc(O)cc5)c(C)c5cccc(c54)O3)CC2)nc1. The van der Waals surface area contributed by atoms with Gasteiger partial charge in [-0.3, -0.25) is 4.90 Å². The first-order chi connectivity index (χ1) is 17.1. The topological polar surface area (TPSA) is 53.8 Å². The van der Waals surface area contributed by atoms with Gasteiger partial charge in [0, 0.05) is 44.3 Å². The molecule has 1 N–H and O–H groups in total. The largest absolute Gasteiger partial charge is 0.508 e. The van der Waals surface area contributed by atoms with Gasteiger partial charge in [-0.15, -0.1) is 0 Å². The van der Waals surface area contributed by atoms with Crippen molar-refractivity contribution in [3.63, 3.8) is 0 Å². The highest BCUT2D eigenvalue weighted by Gasteiger charge is 2.28. The fourth-order valence-electron chi connectivity index (χ4n) is 5.56. The Morgan fingerprint density at radius 2 is 1.77 bits per heavy atom. The van der Waals surface area contributed by atoms with Crippen molar-refractivity contribution in [1.82, 2.24) is 14.5 Å². The molecule has 0 spiro atoms. The highest BCUT2D eigenvalue weighted by molar-refractivity contribution is 5.95. The van der Waals surface area contributed by atoms with Gasteiger partial charge in [-0.25, -0.2) is 4.98 Å². The maximum absolute atomic E-state index is 9.78. The van der Waals surface area contributed by atoms with Crippen LogP contribution in [0.2, 0.25) is 0 Å². The van der Waals surface area contributed by atoms with Gasteiger partial charge in [0.25, 0.3) is 0 Å². The molecule has 0 amide bonds. The van der Waals surface area contributed by atoms with Gasteiger partial charge in [0.15, 0.2) is 0 Å². The lowest BCUT2D eigenvalue weighted by atomic mass is 10.1. The molecule has 0 bridgehead atoms. The number of para-hydroxylation sites is 1. The molecule has 1 atom stereocenters. The number of piperazine rings is 1. The Morgan fingerprint density at radius 1 is 0.971 bits per heavy atom. The van der Waals surface area contributed by atoms with Crippen LogP contribution >= 0.6 is 0 Å². The number of ether oxygens (including phenoxy) is 1. The minimum Gasteiger partial charge on any atom is -0.508 e. The molecule has 4 heterocycles. The predicted octanol–water partition coefficient (Wildman–Crippen LogP) is 5.00. The molecule has 1 saturated heterocycles. The van der Waals surface area contributed by atoms with Gasteiger partial charge < -0.3 is 19.3 Å². The molecule has 180 valence electrons. The van der Waals surface area contributed by atoms with E-state index in [1.54, 1.807) is 12.1 Å². The Balaban J connectivity index is 1.16. The predicted molar refractivity (Wildman–Crippen MR) is 140 cm³/mol. The fourth-order valence-corrected chi connectivity index (χ4v) is 5.56. The Morgan fingerprint density at radius 3 is 2.51 bits per heavy atom. The van der Waals surface area contributed by atoms with Crippen LogP contribution in [0.15, 0.2) is 60.8 Å². The Labute approximate surface area is 206 Å². The molecule has 4 aromatic rings. The van der Waals surface area contributed by atoms with E-state index in [0.29, 0.717) is 5.75 Å². The Kier molecular flexibility index (Phi) is 5.61. The van der Waals surface area contributed by atoms with E-state index >= 15 is 0 Å². The molecule has 0 aliphatic carbocycles. The first kappa shape index (κ1) is 22.0. The number of rotatable bonds is 5. The first-order valence-corrected chi connectivity index (χ1v) is 12.5. The molecule has 2 aromatic heterocycles. The lowest BCUT2D eigenvalue weighted by molar-refractivity contribution is 0.137. The molecule has 6 nitrogen and oxygen atoms in total. The summed E-state index contributed by atoms with van der Waals surface area (Å²) in [7, 11) is 0. The molecule has 2 aliphatic rings. The average molecular weight is 469 g/mol. The molecular weight excluding hydrogens is 436 g/mol. The fraction of sp³-hybridized carbons (Fsp3) is 0.345. The van der Waals surface area contributed by atoms with E-state index in [9.17, 15) is 5.11 Å². The number of nitrogens with zero attached hydrogens (tertiary/aromatic N) is 4. The van der Waals surface area contributed by atoms with E-state index in [-0.39, 0.29) is 6.10 Å². The van der Waals surface area contributed by atoms with Crippen LogP contribution in [0.5, 0.6) is 11.5 Å². The minimum absolute atomic E-state index is 0.132. The van der Waals surface area contributed by atoms with Crippen LogP contribution in [-0.4, -0.2) is 58.4 Å². The van der Waals surface area contributed by atoms with Crippen molar-refractivity contribution in [3.05, 3.63) is 71.9 Å². The summed E-state index contributed by atoms with van der Waals surface area (Å²) in [5.74, 6) is 2.35. The number of aromatic nitrogens is 2. The highest BCUT2D eigenvalue weighted by atomic mass is 16.5. The second-order valence-electron chi connectivity index (χ2n) is 9.83. The van der Waals surface area contributed by atoms with Crippen molar-refractivity contribution in [2.75, 3.05) is 37.6 Å². The summed E-state index contributed by atoms with van der Waals surface area (Å²) in [4.78, 5) is 9.53. The number of pyridine rings is 1. The van der Waals surface area contributed by atoms with Crippen LogP contribution in [0, 0.1) is 13.8 Å². The van der Waals surface area contributed by atoms with Crippen molar-refractivity contribution >= 4 is 16.7 Å². The van der Waals surface area contributed by atoms with Gasteiger partial charge in [-0.2, -0.15) is 0 Å². The van der Waals surface area contributed by atoms with Gasteiger partial charge in [0.2, 0.25) is 0 Å². The normalized spacial score (nSPS) is 18.1. The summed E-state index contributed by atoms with van der Waals surface area (Å²) in [6, 6.07) is 18.2. The number of phenols is 1. The molecule has 35 heavy (non-hydrogen) atoms. The van der Waals surface area contributed by atoms with Gasteiger partial charge >= 0.3 is 0 Å². The minimum atomic E-state index is 0.132. The van der Waals surface area contributed by atoms with Crippen LogP contribution in [0.25, 0.3) is 22.2 Å². The summed E-state index contributed by atoms with van der Waals surface area (Å²) >= 11 is 0. The lowest BCUT2D eigenvalue weighted by Gasteiger charge is -2.36. The van der Waals surface area contributed by atoms with Crippen LogP contribution in [0.4, 0.5) is 5.82 Å².